The summed E-state index contributed by atoms with van der Waals surface area (Å²) in [5.74, 6) is 0.738. The van der Waals surface area contributed by atoms with Crippen molar-refractivity contribution in [2.24, 2.45) is 0 Å². The Morgan fingerprint density at radius 2 is 1.79 bits per heavy atom. The Kier molecular flexibility index (Phi) is 9.22. The van der Waals surface area contributed by atoms with E-state index in [9.17, 15) is 9.59 Å². The van der Waals surface area contributed by atoms with Crippen LogP contribution in [0.15, 0.2) is 71.3 Å². The lowest BCUT2D eigenvalue weighted by Gasteiger charge is -2.12. The Morgan fingerprint density at radius 3 is 2.56 bits per heavy atom. The van der Waals surface area contributed by atoms with Crippen molar-refractivity contribution in [2.45, 2.75) is 26.7 Å². The van der Waals surface area contributed by atoms with Crippen LogP contribution in [0.4, 0.5) is 10.5 Å². The van der Waals surface area contributed by atoms with Gasteiger partial charge in [-0.2, -0.15) is 0 Å². The highest BCUT2D eigenvalue weighted by Gasteiger charge is 2.19. The Labute approximate surface area is 231 Å². The SMILES string of the molecule is CCOC(=O)Cc1ccc(OC)c(-c2cccc(-c3onc(C)c3NC(=O)OCCc3ccccc3Cl)c2)c1. The lowest BCUT2D eigenvalue weighted by Crippen LogP contribution is -2.16. The summed E-state index contributed by atoms with van der Waals surface area (Å²) in [4.78, 5) is 24.6. The zero-order valence-electron chi connectivity index (χ0n) is 22.0. The molecule has 0 aliphatic carbocycles. The van der Waals surface area contributed by atoms with Crippen molar-refractivity contribution in [3.8, 4) is 28.2 Å². The van der Waals surface area contributed by atoms with Crippen molar-refractivity contribution in [1.29, 1.82) is 0 Å². The number of carbonyl (C=O) groups excluding carboxylic acids is 2. The summed E-state index contributed by atoms with van der Waals surface area (Å²) in [5.41, 5.74) is 4.94. The standard InChI is InChI=1S/C30H29ClN2O6/c1-4-37-27(34)17-20-12-13-26(36-3)24(16-20)22-9-7-10-23(18-22)29-28(19(2)33-39-29)32-30(35)38-15-14-21-8-5-6-11-25(21)31/h5-13,16,18H,4,14-15,17H2,1-3H3,(H,32,35). The van der Waals surface area contributed by atoms with E-state index in [0.29, 0.717) is 46.5 Å². The van der Waals surface area contributed by atoms with Gasteiger partial charge in [-0.15, -0.1) is 0 Å². The summed E-state index contributed by atoms with van der Waals surface area (Å²) in [6.07, 6.45) is 0.0132. The first-order chi connectivity index (χ1) is 18.9. The monoisotopic (exact) mass is 548 g/mol. The van der Waals surface area contributed by atoms with Crippen LogP contribution in [-0.4, -0.2) is 37.5 Å². The molecular weight excluding hydrogens is 520 g/mol. The van der Waals surface area contributed by atoms with Crippen LogP contribution in [0.25, 0.3) is 22.5 Å². The zero-order valence-corrected chi connectivity index (χ0v) is 22.7. The van der Waals surface area contributed by atoms with Gasteiger partial charge in [-0.1, -0.05) is 59.2 Å². The number of hydrogen-bond donors (Lipinski definition) is 1. The number of halogens is 1. The quantitative estimate of drug-likeness (QED) is 0.216. The summed E-state index contributed by atoms with van der Waals surface area (Å²) < 4.78 is 21.6. The highest BCUT2D eigenvalue weighted by molar-refractivity contribution is 6.31. The molecule has 3 aromatic carbocycles. The summed E-state index contributed by atoms with van der Waals surface area (Å²) in [6, 6.07) is 20.5. The molecule has 0 saturated carbocycles. The van der Waals surface area contributed by atoms with E-state index < -0.39 is 6.09 Å². The third-order valence-corrected chi connectivity index (χ3v) is 6.37. The van der Waals surface area contributed by atoms with E-state index in [1.807, 2.05) is 60.7 Å². The number of nitrogens with zero attached hydrogens (tertiary/aromatic N) is 1. The molecule has 1 amide bonds. The number of amides is 1. The number of aromatic nitrogens is 1. The van der Waals surface area contributed by atoms with Gasteiger partial charge in [-0.3, -0.25) is 10.1 Å². The normalized spacial score (nSPS) is 10.7. The van der Waals surface area contributed by atoms with Crippen LogP contribution >= 0.6 is 11.6 Å². The van der Waals surface area contributed by atoms with Gasteiger partial charge < -0.3 is 18.7 Å². The van der Waals surface area contributed by atoms with Crippen LogP contribution in [0, 0.1) is 6.92 Å². The van der Waals surface area contributed by atoms with Gasteiger partial charge in [0.2, 0.25) is 0 Å². The van der Waals surface area contributed by atoms with Crippen LogP contribution in [-0.2, 0) is 27.1 Å². The molecular formula is C30H29ClN2O6. The van der Waals surface area contributed by atoms with Crippen LogP contribution < -0.4 is 10.1 Å². The van der Waals surface area contributed by atoms with Gasteiger partial charge in [-0.05, 0) is 54.8 Å². The summed E-state index contributed by atoms with van der Waals surface area (Å²) in [6.45, 7) is 3.99. The van der Waals surface area contributed by atoms with Crippen molar-refractivity contribution < 1.29 is 28.3 Å². The molecule has 8 nitrogen and oxygen atoms in total. The molecule has 0 bridgehead atoms. The van der Waals surface area contributed by atoms with Crippen molar-refractivity contribution in [1.82, 2.24) is 5.16 Å². The molecule has 1 heterocycles. The number of ether oxygens (including phenoxy) is 3. The number of anilines is 1. The molecule has 202 valence electrons. The Balaban J connectivity index is 1.53. The Hall–Kier alpha value is -4.30. The number of aryl methyl sites for hydroxylation is 1. The zero-order chi connectivity index (χ0) is 27.8. The van der Waals surface area contributed by atoms with Gasteiger partial charge in [-0.25, -0.2) is 4.79 Å². The third-order valence-electron chi connectivity index (χ3n) is 6.01. The maximum Gasteiger partial charge on any atom is 0.411 e. The highest BCUT2D eigenvalue weighted by atomic mass is 35.5. The van der Waals surface area contributed by atoms with E-state index in [1.165, 1.54) is 0 Å². The molecule has 39 heavy (non-hydrogen) atoms. The smallest absolute Gasteiger partial charge is 0.411 e. The lowest BCUT2D eigenvalue weighted by atomic mass is 9.98. The molecule has 0 fully saturated rings. The topological polar surface area (TPSA) is 99.9 Å². The summed E-state index contributed by atoms with van der Waals surface area (Å²) in [7, 11) is 1.59. The lowest BCUT2D eigenvalue weighted by molar-refractivity contribution is -0.142. The fourth-order valence-corrected chi connectivity index (χ4v) is 4.33. The van der Waals surface area contributed by atoms with Crippen LogP contribution in [0.5, 0.6) is 5.75 Å². The van der Waals surface area contributed by atoms with Gasteiger partial charge in [0.1, 0.15) is 17.1 Å². The molecule has 1 aromatic heterocycles. The van der Waals surface area contributed by atoms with Crippen LogP contribution in [0.3, 0.4) is 0 Å². The van der Waals surface area contributed by atoms with Crippen LogP contribution in [0.2, 0.25) is 5.02 Å². The molecule has 1 N–H and O–H groups in total. The molecule has 9 heteroatoms. The van der Waals surface area contributed by atoms with Crippen LogP contribution in [0.1, 0.15) is 23.7 Å². The van der Waals surface area contributed by atoms with Gasteiger partial charge in [0, 0.05) is 22.6 Å². The first-order valence-corrected chi connectivity index (χ1v) is 12.8. The number of nitrogens with one attached hydrogen (secondary N) is 1. The maximum atomic E-state index is 12.6. The predicted octanol–water partition coefficient (Wildman–Crippen LogP) is 6.88. The number of esters is 1. The van der Waals surface area contributed by atoms with Crippen molar-refractivity contribution in [3.05, 3.63) is 88.6 Å². The average molecular weight is 549 g/mol. The average Bonchev–Trinajstić information content (AvgIpc) is 3.29. The molecule has 0 unspecified atom stereocenters. The molecule has 0 aliphatic rings. The first kappa shape index (κ1) is 27.7. The second-order valence-electron chi connectivity index (χ2n) is 8.67. The van der Waals surface area contributed by atoms with Crippen molar-refractivity contribution >= 4 is 29.4 Å². The molecule has 0 atom stereocenters. The summed E-state index contributed by atoms with van der Waals surface area (Å²) >= 11 is 6.18. The number of hydrogen-bond acceptors (Lipinski definition) is 7. The molecule has 0 spiro atoms. The van der Waals surface area contributed by atoms with Gasteiger partial charge in [0.15, 0.2) is 5.76 Å². The fraction of sp³-hybridized carbons (Fsp3) is 0.233. The van der Waals surface area contributed by atoms with Crippen molar-refractivity contribution in [3.63, 3.8) is 0 Å². The largest absolute Gasteiger partial charge is 0.496 e. The molecule has 4 rings (SSSR count). The van der Waals surface area contributed by atoms with E-state index in [4.69, 9.17) is 30.3 Å². The second-order valence-corrected chi connectivity index (χ2v) is 9.08. The minimum atomic E-state index is -0.626. The Bertz CT molecular complexity index is 1470. The van der Waals surface area contributed by atoms with Gasteiger partial charge >= 0.3 is 12.1 Å². The van der Waals surface area contributed by atoms with E-state index in [2.05, 4.69) is 10.5 Å². The van der Waals surface area contributed by atoms with E-state index in [0.717, 1.165) is 22.3 Å². The number of carbonyl (C=O) groups is 2. The minimum absolute atomic E-state index is 0.151. The number of benzene rings is 3. The number of rotatable bonds is 10. The number of methoxy groups -OCH3 is 1. The van der Waals surface area contributed by atoms with Gasteiger partial charge in [0.05, 0.1) is 26.7 Å². The summed E-state index contributed by atoms with van der Waals surface area (Å²) in [5, 5.41) is 7.43. The molecule has 0 radical (unpaired) electrons. The third kappa shape index (κ3) is 6.97. The maximum absolute atomic E-state index is 12.6. The second kappa shape index (κ2) is 13.0. The predicted molar refractivity (Wildman–Crippen MR) is 149 cm³/mol. The highest BCUT2D eigenvalue weighted by Crippen LogP contribution is 2.36. The van der Waals surface area contributed by atoms with E-state index in [-0.39, 0.29) is 19.0 Å². The van der Waals surface area contributed by atoms with E-state index in [1.54, 1.807) is 27.0 Å². The minimum Gasteiger partial charge on any atom is -0.496 e. The first-order valence-electron chi connectivity index (χ1n) is 12.5. The Morgan fingerprint density at radius 1 is 1.00 bits per heavy atom. The van der Waals surface area contributed by atoms with Gasteiger partial charge in [0.25, 0.3) is 0 Å². The molecule has 0 saturated heterocycles. The van der Waals surface area contributed by atoms with Crippen molar-refractivity contribution in [2.75, 3.05) is 25.6 Å². The fourth-order valence-electron chi connectivity index (χ4n) is 4.10. The van der Waals surface area contributed by atoms with E-state index >= 15 is 0 Å². The molecule has 0 aliphatic heterocycles. The molecule has 4 aromatic rings.